The van der Waals surface area contributed by atoms with Crippen LogP contribution in [0, 0.1) is 13.8 Å². The Balaban J connectivity index is 2.24. The standard InChI is InChI=1S/C15H18N2O/c1-4-17-14(7-8-16-17)15(18)10-13-9-11(2)5-6-12(13)3/h5-9H,4,10H2,1-3H3. The molecule has 18 heavy (non-hydrogen) atoms. The number of hydrogen-bond acceptors (Lipinski definition) is 2. The number of aryl methyl sites for hydroxylation is 3. The lowest BCUT2D eigenvalue weighted by Gasteiger charge is -2.07. The van der Waals surface area contributed by atoms with E-state index >= 15 is 0 Å². The Kier molecular flexibility index (Phi) is 3.60. The minimum atomic E-state index is 0.128. The summed E-state index contributed by atoms with van der Waals surface area (Å²) in [6, 6.07) is 8.01. The molecule has 0 radical (unpaired) electrons. The summed E-state index contributed by atoms with van der Waals surface area (Å²) in [7, 11) is 0. The molecule has 0 fully saturated rings. The quantitative estimate of drug-likeness (QED) is 0.773. The van der Waals surface area contributed by atoms with Crippen molar-refractivity contribution in [3.63, 3.8) is 0 Å². The van der Waals surface area contributed by atoms with Crippen LogP contribution in [0.1, 0.15) is 34.1 Å². The topological polar surface area (TPSA) is 34.9 Å². The van der Waals surface area contributed by atoms with Crippen molar-refractivity contribution in [2.24, 2.45) is 0 Å². The van der Waals surface area contributed by atoms with Crippen molar-refractivity contribution in [2.45, 2.75) is 33.7 Å². The van der Waals surface area contributed by atoms with E-state index in [9.17, 15) is 4.79 Å². The van der Waals surface area contributed by atoms with Gasteiger partial charge in [-0.1, -0.05) is 23.8 Å². The van der Waals surface area contributed by atoms with Gasteiger partial charge < -0.3 is 0 Å². The SMILES string of the molecule is CCn1nccc1C(=O)Cc1cc(C)ccc1C. The second-order valence-corrected chi connectivity index (χ2v) is 4.56. The van der Waals surface area contributed by atoms with E-state index in [4.69, 9.17) is 0 Å². The van der Waals surface area contributed by atoms with Gasteiger partial charge in [-0.15, -0.1) is 0 Å². The molecular formula is C15H18N2O. The summed E-state index contributed by atoms with van der Waals surface area (Å²) in [4.78, 5) is 12.3. The van der Waals surface area contributed by atoms with Gasteiger partial charge in [-0.05, 0) is 38.0 Å². The second kappa shape index (κ2) is 5.17. The van der Waals surface area contributed by atoms with Crippen LogP contribution in [0.2, 0.25) is 0 Å². The molecule has 0 saturated carbocycles. The fourth-order valence-corrected chi connectivity index (χ4v) is 2.08. The van der Waals surface area contributed by atoms with Crippen molar-refractivity contribution in [3.8, 4) is 0 Å². The van der Waals surface area contributed by atoms with Crippen molar-refractivity contribution in [1.82, 2.24) is 9.78 Å². The lowest BCUT2D eigenvalue weighted by molar-refractivity contribution is 0.0982. The zero-order chi connectivity index (χ0) is 13.1. The van der Waals surface area contributed by atoms with Crippen LogP contribution in [0.15, 0.2) is 30.5 Å². The molecule has 0 aliphatic rings. The van der Waals surface area contributed by atoms with Gasteiger partial charge in [0.2, 0.25) is 0 Å². The number of aromatic nitrogens is 2. The molecule has 0 aliphatic heterocycles. The average molecular weight is 242 g/mol. The summed E-state index contributed by atoms with van der Waals surface area (Å²) in [6.07, 6.45) is 2.12. The molecular weight excluding hydrogens is 224 g/mol. The van der Waals surface area contributed by atoms with Crippen LogP contribution in [-0.4, -0.2) is 15.6 Å². The molecule has 1 aromatic carbocycles. The van der Waals surface area contributed by atoms with Crippen LogP contribution in [-0.2, 0) is 13.0 Å². The number of ketones is 1. The molecule has 94 valence electrons. The number of carbonyl (C=O) groups excluding carboxylic acids is 1. The van der Waals surface area contributed by atoms with E-state index in [-0.39, 0.29) is 5.78 Å². The molecule has 3 heteroatoms. The highest BCUT2D eigenvalue weighted by Crippen LogP contribution is 2.14. The van der Waals surface area contributed by atoms with Crippen LogP contribution < -0.4 is 0 Å². The summed E-state index contributed by atoms with van der Waals surface area (Å²) in [5, 5.41) is 4.13. The van der Waals surface area contributed by atoms with Crippen molar-refractivity contribution < 1.29 is 4.79 Å². The average Bonchev–Trinajstić information content (AvgIpc) is 2.82. The summed E-state index contributed by atoms with van der Waals surface area (Å²) in [5.41, 5.74) is 4.14. The van der Waals surface area contributed by atoms with Crippen molar-refractivity contribution in [3.05, 3.63) is 52.8 Å². The maximum atomic E-state index is 12.3. The maximum Gasteiger partial charge on any atom is 0.185 e. The summed E-state index contributed by atoms with van der Waals surface area (Å²) in [5.74, 6) is 0.128. The number of nitrogens with zero attached hydrogens (tertiary/aromatic N) is 2. The number of hydrogen-bond donors (Lipinski definition) is 0. The van der Waals surface area contributed by atoms with E-state index in [1.807, 2.05) is 20.8 Å². The molecule has 0 amide bonds. The number of rotatable bonds is 4. The zero-order valence-corrected chi connectivity index (χ0v) is 11.1. The van der Waals surface area contributed by atoms with Crippen molar-refractivity contribution in [1.29, 1.82) is 0 Å². The molecule has 0 N–H and O–H groups in total. The number of carbonyl (C=O) groups is 1. The monoisotopic (exact) mass is 242 g/mol. The first kappa shape index (κ1) is 12.6. The van der Waals surface area contributed by atoms with E-state index in [1.165, 1.54) is 5.56 Å². The Hall–Kier alpha value is -1.90. The highest BCUT2D eigenvalue weighted by atomic mass is 16.1. The lowest BCUT2D eigenvalue weighted by atomic mass is 10.00. The predicted molar refractivity (Wildman–Crippen MR) is 71.9 cm³/mol. The molecule has 0 saturated heterocycles. The molecule has 0 atom stereocenters. The Bertz CT molecular complexity index is 570. The van der Waals surface area contributed by atoms with Gasteiger partial charge in [0.05, 0.1) is 0 Å². The third kappa shape index (κ3) is 2.50. The Morgan fingerprint density at radius 2 is 2.06 bits per heavy atom. The molecule has 0 bridgehead atoms. The second-order valence-electron chi connectivity index (χ2n) is 4.56. The molecule has 2 aromatic rings. The summed E-state index contributed by atoms with van der Waals surface area (Å²) in [6.45, 7) is 6.80. The van der Waals surface area contributed by atoms with Gasteiger partial charge in [0, 0.05) is 19.2 Å². The van der Waals surface area contributed by atoms with Crippen LogP contribution in [0.4, 0.5) is 0 Å². The zero-order valence-electron chi connectivity index (χ0n) is 11.1. The van der Waals surface area contributed by atoms with Crippen molar-refractivity contribution in [2.75, 3.05) is 0 Å². The van der Waals surface area contributed by atoms with Gasteiger partial charge in [0.1, 0.15) is 5.69 Å². The van der Waals surface area contributed by atoms with Gasteiger partial charge in [-0.3, -0.25) is 9.48 Å². The van der Waals surface area contributed by atoms with Gasteiger partial charge in [-0.2, -0.15) is 5.10 Å². The normalized spacial score (nSPS) is 10.6. The number of benzene rings is 1. The van der Waals surface area contributed by atoms with Gasteiger partial charge >= 0.3 is 0 Å². The molecule has 2 rings (SSSR count). The molecule has 1 heterocycles. The van der Waals surface area contributed by atoms with Gasteiger partial charge in [0.25, 0.3) is 0 Å². The van der Waals surface area contributed by atoms with Crippen molar-refractivity contribution >= 4 is 5.78 Å². The minimum Gasteiger partial charge on any atom is -0.292 e. The largest absolute Gasteiger partial charge is 0.292 e. The maximum absolute atomic E-state index is 12.3. The summed E-state index contributed by atoms with van der Waals surface area (Å²) < 4.78 is 1.74. The summed E-state index contributed by atoms with van der Waals surface area (Å²) >= 11 is 0. The predicted octanol–water partition coefficient (Wildman–Crippen LogP) is 2.95. The molecule has 0 spiro atoms. The van der Waals surface area contributed by atoms with Crippen LogP contribution in [0.5, 0.6) is 0 Å². The number of Topliss-reactive ketones (excluding diaryl/α,β-unsaturated/α-hetero) is 1. The molecule has 3 nitrogen and oxygen atoms in total. The third-order valence-corrected chi connectivity index (χ3v) is 3.16. The van der Waals surface area contributed by atoms with Gasteiger partial charge in [0.15, 0.2) is 5.78 Å². The fourth-order valence-electron chi connectivity index (χ4n) is 2.08. The highest BCUT2D eigenvalue weighted by molar-refractivity contribution is 5.96. The Morgan fingerprint density at radius 3 is 2.78 bits per heavy atom. The van der Waals surface area contributed by atoms with E-state index < -0.39 is 0 Å². The van der Waals surface area contributed by atoms with Crippen LogP contribution in [0.3, 0.4) is 0 Å². The third-order valence-electron chi connectivity index (χ3n) is 3.16. The first-order valence-corrected chi connectivity index (χ1v) is 6.23. The van der Waals surface area contributed by atoms with Crippen LogP contribution in [0.25, 0.3) is 0 Å². The van der Waals surface area contributed by atoms with Gasteiger partial charge in [-0.25, -0.2) is 0 Å². The highest BCUT2D eigenvalue weighted by Gasteiger charge is 2.13. The van der Waals surface area contributed by atoms with E-state index in [0.717, 1.165) is 17.7 Å². The first-order chi connectivity index (χ1) is 8.61. The smallest absolute Gasteiger partial charge is 0.185 e. The molecule has 0 aliphatic carbocycles. The molecule has 1 aromatic heterocycles. The molecule has 0 unspecified atom stereocenters. The van der Waals surface area contributed by atoms with E-state index in [2.05, 4.69) is 23.3 Å². The van der Waals surface area contributed by atoms with E-state index in [1.54, 1.807) is 16.9 Å². The van der Waals surface area contributed by atoms with E-state index in [0.29, 0.717) is 12.1 Å². The minimum absolute atomic E-state index is 0.128. The first-order valence-electron chi connectivity index (χ1n) is 6.23. The fraction of sp³-hybridized carbons (Fsp3) is 0.333. The van der Waals surface area contributed by atoms with Crippen LogP contribution >= 0.6 is 0 Å². The lowest BCUT2D eigenvalue weighted by Crippen LogP contribution is -2.12. The Morgan fingerprint density at radius 1 is 1.28 bits per heavy atom. The Labute approximate surface area is 107 Å².